The average Bonchev–Trinajstić information content (AvgIpc) is 2.21. The molecule has 5 heteroatoms. The van der Waals surface area contributed by atoms with Crippen molar-refractivity contribution in [3.05, 3.63) is 28.2 Å². The van der Waals surface area contributed by atoms with E-state index < -0.39 is 9.84 Å². The first-order valence-electron chi connectivity index (χ1n) is 4.29. The van der Waals surface area contributed by atoms with Gasteiger partial charge in [0.15, 0.2) is 9.84 Å². The molecule has 0 aliphatic carbocycles. The Hall–Kier alpha value is -0.550. The first-order valence-corrected chi connectivity index (χ1v) is 6.91. The van der Waals surface area contributed by atoms with Gasteiger partial charge >= 0.3 is 0 Å². The molecule has 3 nitrogen and oxygen atoms in total. The van der Waals surface area contributed by atoms with E-state index in [0.717, 1.165) is 15.7 Å². The van der Waals surface area contributed by atoms with E-state index in [1.165, 1.54) is 0 Å². The van der Waals surface area contributed by atoms with Crippen molar-refractivity contribution >= 4 is 31.5 Å². The van der Waals surface area contributed by atoms with E-state index in [1.807, 2.05) is 18.2 Å². The number of hydrogen-bond donors (Lipinski definition) is 1. The van der Waals surface area contributed by atoms with Crippen molar-refractivity contribution in [1.82, 2.24) is 0 Å². The third-order valence-electron chi connectivity index (χ3n) is 2.17. The maximum Gasteiger partial charge on any atom is 0.156 e. The minimum atomic E-state index is -2.93. The summed E-state index contributed by atoms with van der Waals surface area (Å²) in [6.07, 6.45) is 0. The number of anilines is 1. The molecule has 2 rings (SSSR count). The fourth-order valence-corrected chi connectivity index (χ4v) is 3.18. The Kier molecular flexibility index (Phi) is 2.53. The van der Waals surface area contributed by atoms with E-state index in [0.29, 0.717) is 6.54 Å². The Bertz CT molecular complexity index is 456. The van der Waals surface area contributed by atoms with Crippen LogP contribution in [0.3, 0.4) is 0 Å². The maximum atomic E-state index is 11.5. The third-order valence-corrected chi connectivity index (χ3v) is 4.24. The standard InChI is InChI=1S/C9H10BrNO2S/c10-8-1-2-9-7(5-8)6-14(12,13)4-3-11-9/h1-2,5,11H,3-4,6H2. The SMILES string of the molecule is O=S1(=O)CCNc2ccc(Br)cc2C1. The second-order valence-electron chi connectivity index (χ2n) is 3.32. The molecule has 0 spiro atoms. The summed E-state index contributed by atoms with van der Waals surface area (Å²) in [4.78, 5) is 0. The van der Waals surface area contributed by atoms with Gasteiger partial charge in [-0.05, 0) is 23.8 Å². The molecule has 0 atom stereocenters. The van der Waals surface area contributed by atoms with Crippen LogP contribution in [0.5, 0.6) is 0 Å². The van der Waals surface area contributed by atoms with Gasteiger partial charge in [-0.2, -0.15) is 0 Å². The van der Waals surface area contributed by atoms with Crippen molar-refractivity contribution in [2.45, 2.75) is 5.75 Å². The predicted octanol–water partition coefficient (Wildman–Crippen LogP) is 1.79. The first kappa shape index (κ1) is 9.98. The summed E-state index contributed by atoms with van der Waals surface area (Å²) in [7, 11) is -2.93. The minimum absolute atomic E-state index is 0.134. The molecule has 0 saturated heterocycles. The van der Waals surface area contributed by atoms with E-state index in [-0.39, 0.29) is 11.5 Å². The molecule has 14 heavy (non-hydrogen) atoms. The molecule has 1 aromatic carbocycles. The molecule has 1 N–H and O–H groups in total. The van der Waals surface area contributed by atoms with E-state index in [2.05, 4.69) is 21.2 Å². The highest BCUT2D eigenvalue weighted by Gasteiger charge is 2.18. The van der Waals surface area contributed by atoms with Crippen LogP contribution in [0, 0.1) is 0 Å². The van der Waals surface area contributed by atoms with Crippen LogP contribution in [0.1, 0.15) is 5.56 Å². The van der Waals surface area contributed by atoms with Crippen molar-refractivity contribution in [3.63, 3.8) is 0 Å². The molecule has 0 bridgehead atoms. The summed E-state index contributed by atoms with van der Waals surface area (Å²) < 4.78 is 23.9. The Balaban J connectivity index is 2.48. The fraction of sp³-hybridized carbons (Fsp3) is 0.333. The molecule has 76 valence electrons. The number of hydrogen-bond acceptors (Lipinski definition) is 3. The summed E-state index contributed by atoms with van der Waals surface area (Å²) >= 11 is 3.33. The number of benzene rings is 1. The molecule has 0 unspecified atom stereocenters. The summed E-state index contributed by atoms with van der Waals surface area (Å²) in [5, 5.41) is 3.11. The zero-order valence-corrected chi connectivity index (χ0v) is 9.86. The van der Waals surface area contributed by atoms with Crippen LogP contribution in [0.25, 0.3) is 0 Å². The highest BCUT2D eigenvalue weighted by Crippen LogP contribution is 2.25. The number of nitrogens with one attached hydrogen (secondary N) is 1. The van der Waals surface area contributed by atoms with Crippen LogP contribution < -0.4 is 5.32 Å². The third kappa shape index (κ3) is 2.09. The van der Waals surface area contributed by atoms with Crippen molar-refractivity contribution in [2.75, 3.05) is 17.6 Å². The van der Waals surface area contributed by atoms with Crippen molar-refractivity contribution in [2.24, 2.45) is 0 Å². The van der Waals surface area contributed by atoms with Crippen LogP contribution in [-0.4, -0.2) is 20.7 Å². The topological polar surface area (TPSA) is 46.2 Å². The Morgan fingerprint density at radius 1 is 1.36 bits per heavy atom. The lowest BCUT2D eigenvalue weighted by Gasteiger charge is -2.05. The zero-order valence-electron chi connectivity index (χ0n) is 7.46. The van der Waals surface area contributed by atoms with Gasteiger partial charge in [-0.3, -0.25) is 0 Å². The molecule has 1 aromatic rings. The van der Waals surface area contributed by atoms with Crippen LogP contribution >= 0.6 is 15.9 Å². The summed E-state index contributed by atoms with van der Waals surface area (Å²) in [6.45, 7) is 0.497. The second kappa shape index (κ2) is 3.55. The molecule has 1 aliphatic heterocycles. The molecule has 1 heterocycles. The quantitative estimate of drug-likeness (QED) is 0.785. The molecular formula is C9H10BrNO2S. The summed E-state index contributed by atoms with van der Waals surface area (Å²) in [5.74, 6) is 0.341. The van der Waals surface area contributed by atoms with Gasteiger partial charge < -0.3 is 5.32 Å². The number of fused-ring (bicyclic) bond motifs is 1. The summed E-state index contributed by atoms with van der Waals surface area (Å²) in [6, 6.07) is 5.66. The normalized spacial score (nSPS) is 19.2. The molecule has 0 aromatic heterocycles. The molecule has 0 radical (unpaired) electrons. The molecule has 0 fully saturated rings. The van der Waals surface area contributed by atoms with E-state index in [1.54, 1.807) is 0 Å². The van der Waals surface area contributed by atoms with E-state index in [9.17, 15) is 8.42 Å². The highest BCUT2D eigenvalue weighted by atomic mass is 79.9. The van der Waals surface area contributed by atoms with Gasteiger partial charge in [0.05, 0.1) is 11.5 Å². The lowest BCUT2D eigenvalue weighted by molar-refractivity contribution is 0.596. The van der Waals surface area contributed by atoms with Crippen molar-refractivity contribution < 1.29 is 8.42 Å². The predicted molar refractivity (Wildman–Crippen MR) is 60.1 cm³/mol. The first-order chi connectivity index (χ1) is 6.57. The van der Waals surface area contributed by atoms with Crippen molar-refractivity contribution in [3.8, 4) is 0 Å². The second-order valence-corrected chi connectivity index (χ2v) is 6.42. The minimum Gasteiger partial charge on any atom is -0.384 e. The number of sulfone groups is 1. The van der Waals surface area contributed by atoms with E-state index >= 15 is 0 Å². The lowest BCUT2D eigenvalue weighted by Crippen LogP contribution is -2.12. The average molecular weight is 276 g/mol. The molecular weight excluding hydrogens is 266 g/mol. The molecule has 0 amide bonds. The van der Waals surface area contributed by atoms with Gasteiger partial charge in [0.25, 0.3) is 0 Å². The smallest absolute Gasteiger partial charge is 0.156 e. The fourth-order valence-electron chi connectivity index (χ4n) is 1.50. The van der Waals surface area contributed by atoms with E-state index in [4.69, 9.17) is 0 Å². The Morgan fingerprint density at radius 2 is 2.14 bits per heavy atom. The Labute approximate surface area is 91.6 Å². The van der Waals surface area contributed by atoms with Gasteiger partial charge in [0, 0.05) is 16.7 Å². The van der Waals surface area contributed by atoms with Crippen LogP contribution in [0.2, 0.25) is 0 Å². The Morgan fingerprint density at radius 3 is 2.93 bits per heavy atom. The van der Waals surface area contributed by atoms with Gasteiger partial charge in [0.1, 0.15) is 0 Å². The van der Waals surface area contributed by atoms with Crippen molar-refractivity contribution in [1.29, 1.82) is 0 Å². The lowest BCUT2D eigenvalue weighted by atomic mass is 10.2. The van der Waals surface area contributed by atoms with Gasteiger partial charge in [-0.25, -0.2) is 8.42 Å². The maximum absolute atomic E-state index is 11.5. The zero-order chi connectivity index (χ0) is 10.2. The summed E-state index contributed by atoms with van der Waals surface area (Å²) in [5.41, 5.74) is 1.77. The van der Waals surface area contributed by atoms with Crippen LogP contribution in [0.15, 0.2) is 22.7 Å². The molecule has 0 saturated carbocycles. The van der Waals surface area contributed by atoms with Gasteiger partial charge in [0.2, 0.25) is 0 Å². The largest absolute Gasteiger partial charge is 0.384 e. The van der Waals surface area contributed by atoms with Crippen LogP contribution in [0.4, 0.5) is 5.69 Å². The van der Waals surface area contributed by atoms with Crippen LogP contribution in [-0.2, 0) is 15.6 Å². The number of rotatable bonds is 0. The highest BCUT2D eigenvalue weighted by molar-refractivity contribution is 9.10. The number of halogens is 1. The van der Waals surface area contributed by atoms with Gasteiger partial charge in [-0.1, -0.05) is 15.9 Å². The molecule has 1 aliphatic rings. The van der Waals surface area contributed by atoms with Gasteiger partial charge in [-0.15, -0.1) is 0 Å². The monoisotopic (exact) mass is 275 g/mol.